The zero-order chi connectivity index (χ0) is 20.3. The van der Waals surface area contributed by atoms with E-state index in [-0.39, 0.29) is 48.2 Å². The molecule has 4 heterocycles. The Balaban J connectivity index is 1.33. The first kappa shape index (κ1) is 18.2. The monoisotopic (exact) mass is 399 g/mol. The van der Waals surface area contributed by atoms with Gasteiger partial charge in [-0.05, 0) is 37.8 Å². The maximum Gasteiger partial charge on any atom is 0.268 e. The molecule has 0 spiro atoms. The van der Waals surface area contributed by atoms with Gasteiger partial charge in [0.2, 0.25) is 17.7 Å². The Hall–Kier alpha value is -2.84. The Kier molecular flexibility index (Phi) is 4.15. The van der Waals surface area contributed by atoms with Crippen LogP contribution in [0.4, 0.5) is 0 Å². The molecule has 0 aromatic carbocycles. The van der Waals surface area contributed by atoms with Crippen molar-refractivity contribution in [2.24, 2.45) is 13.0 Å². The van der Waals surface area contributed by atoms with Gasteiger partial charge in [0.25, 0.3) is 5.91 Å². The number of fused-ring (bicyclic) bond motifs is 2. The Morgan fingerprint density at radius 2 is 2.00 bits per heavy atom. The predicted octanol–water partition coefficient (Wildman–Crippen LogP) is -0.766. The number of nitrogens with zero attached hydrogens (tertiary/aromatic N) is 3. The van der Waals surface area contributed by atoms with Gasteiger partial charge in [0, 0.05) is 38.3 Å². The number of aryl methyl sites for hydroxylation is 1. The van der Waals surface area contributed by atoms with Gasteiger partial charge in [0.05, 0.1) is 6.04 Å². The largest absolute Gasteiger partial charge is 0.349 e. The molecule has 3 saturated heterocycles. The molecule has 0 radical (unpaired) electrons. The minimum Gasteiger partial charge on any atom is -0.349 e. The van der Waals surface area contributed by atoms with E-state index in [1.807, 2.05) is 0 Å². The zero-order valence-corrected chi connectivity index (χ0v) is 16.3. The lowest BCUT2D eigenvalue weighted by Gasteiger charge is -2.29. The van der Waals surface area contributed by atoms with Crippen LogP contribution in [0, 0.1) is 5.92 Å². The lowest BCUT2D eigenvalue weighted by molar-refractivity contribution is -0.145. The molecule has 1 saturated carbocycles. The van der Waals surface area contributed by atoms with Crippen LogP contribution >= 0.6 is 0 Å². The second-order valence-corrected chi connectivity index (χ2v) is 8.57. The number of hydrogen-bond acceptors (Lipinski definition) is 4. The molecule has 1 aromatic heterocycles. The molecule has 4 aliphatic rings. The Morgan fingerprint density at radius 3 is 2.69 bits per heavy atom. The number of carbonyl (C=O) groups is 4. The number of carbonyl (C=O) groups excluding carboxylic acids is 4. The molecule has 9 nitrogen and oxygen atoms in total. The molecule has 9 heteroatoms. The first-order chi connectivity index (χ1) is 13.9. The molecule has 29 heavy (non-hydrogen) atoms. The summed E-state index contributed by atoms with van der Waals surface area (Å²) in [6, 6.07) is 1.66. The third kappa shape index (κ3) is 2.99. The highest BCUT2D eigenvalue weighted by Crippen LogP contribution is 2.35. The average molecular weight is 399 g/mol. The van der Waals surface area contributed by atoms with Crippen LogP contribution in [0.1, 0.15) is 36.2 Å². The van der Waals surface area contributed by atoms with Crippen LogP contribution in [0.5, 0.6) is 0 Å². The minimum atomic E-state index is -0.626. The SMILES string of the molecule is Cn1cccc1C(=O)N[C@H]1C[C@@H]2C(=O)N[C@H]3CCN(C(=O)C4CC4)[C@@H]3C(=O)N2C1. The Bertz CT molecular complexity index is 891. The highest BCUT2D eigenvalue weighted by atomic mass is 16.2. The lowest BCUT2D eigenvalue weighted by atomic mass is 10.1. The second-order valence-electron chi connectivity index (χ2n) is 8.57. The number of amides is 4. The van der Waals surface area contributed by atoms with Gasteiger partial charge in [-0.3, -0.25) is 19.2 Å². The summed E-state index contributed by atoms with van der Waals surface area (Å²) in [6.45, 7) is 0.782. The quantitative estimate of drug-likeness (QED) is 0.697. The van der Waals surface area contributed by atoms with E-state index in [9.17, 15) is 19.2 Å². The van der Waals surface area contributed by atoms with Crippen LogP contribution in [0.2, 0.25) is 0 Å². The molecule has 0 unspecified atom stereocenters. The van der Waals surface area contributed by atoms with Gasteiger partial charge in [-0.15, -0.1) is 0 Å². The van der Waals surface area contributed by atoms with E-state index in [1.165, 1.54) is 0 Å². The number of hydrogen-bond donors (Lipinski definition) is 2. The topological polar surface area (TPSA) is 104 Å². The highest BCUT2D eigenvalue weighted by molar-refractivity contribution is 5.97. The maximum atomic E-state index is 13.3. The van der Waals surface area contributed by atoms with Crippen molar-refractivity contribution in [3.05, 3.63) is 24.0 Å². The number of likely N-dealkylation sites (tertiary alicyclic amines) is 1. The normalized spacial score (nSPS) is 31.2. The fourth-order valence-corrected chi connectivity index (χ4v) is 4.90. The zero-order valence-electron chi connectivity index (χ0n) is 16.3. The molecule has 0 bridgehead atoms. The second kappa shape index (κ2) is 6.60. The van der Waals surface area contributed by atoms with Gasteiger partial charge in [-0.25, -0.2) is 0 Å². The molecule has 4 fully saturated rings. The smallest absolute Gasteiger partial charge is 0.268 e. The van der Waals surface area contributed by atoms with Gasteiger partial charge >= 0.3 is 0 Å². The molecule has 5 rings (SSSR count). The van der Waals surface area contributed by atoms with Crippen molar-refractivity contribution >= 4 is 23.6 Å². The predicted molar refractivity (Wildman–Crippen MR) is 102 cm³/mol. The molecule has 4 atom stereocenters. The van der Waals surface area contributed by atoms with E-state index in [2.05, 4.69) is 10.6 Å². The Morgan fingerprint density at radius 1 is 1.21 bits per heavy atom. The van der Waals surface area contributed by atoms with Crippen molar-refractivity contribution < 1.29 is 19.2 Å². The molecule has 2 N–H and O–H groups in total. The molecular formula is C20H25N5O4. The average Bonchev–Trinajstić information content (AvgIpc) is 3.13. The van der Waals surface area contributed by atoms with E-state index < -0.39 is 12.1 Å². The Labute approximate surface area is 168 Å². The van der Waals surface area contributed by atoms with E-state index in [0.29, 0.717) is 25.1 Å². The summed E-state index contributed by atoms with van der Waals surface area (Å²) in [6.07, 6.45) is 4.54. The standard InChI is InChI=1S/C20H25N5O4/c1-23-7-2-3-14(23)17(26)21-12-9-15-18(27)22-13-6-8-24(19(28)11-4-5-11)16(13)20(29)25(15)10-12/h2-3,7,11-13,15-16H,4-6,8-10H2,1H3,(H,21,26)(H,22,27)/t12-,13-,15+,16-/m0/s1. The summed E-state index contributed by atoms with van der Waals surface area (Å²) in [7, 11) is 1.79. The summed E-state index contributed by atoms with van der Waals surface area (Å²) in [4.78, 5) is 54.6. The molecule has 154 valence electrons. The first-order valence-electron chi connectivity index (χ1n) is 10.3. The van der Waals surface area contributed by atoms with Crippen molar-refractivity contribution in [1.29, 1.82) is 0 Å². The molecule has 1 aromatic rings. The number of aromatic nitrogens is 1. The van der Waals surface area contributed by atoms with Gasteiger partial charge in [0.1, 0.15) is 17.8 Å². The van der Waals surface area contributed by atoms with Crippen LogP contribution in [0.25, 0.3) is 0 Å². The third-order valence-corrected chi connectivity index (χ3v) is 6.59. The summed E-state index contributed by atoms with van der Waals surface area (Å²) in [5.74, 6) is -0.529. The van der Waals surface area contributed by atoms with Gasteiger partial charge in [-0.1, -0.05) is 0 Å². The fourth-order valence-electron chi connectivity index (χ4n) is 4.90. The van der Waals surface area contributed by atoms with Crippen LogP contribution < -0.4 is 10.6 Å². The highest BCUT2D eigenvalue weighted by Gasteiger charge is 2.53. The van der Waals surface area contributed by atoms with Crippen LogP contribution in [-0.4, -0.2) is 75.3 Å². The van der Waals surface area contributed by atoms with Crippen molar-refractivity contribution in [2.45, 2.75) is 49.9 Å². The van der Waals surface area contributed by atoms with Gasteiger partial charge < -0.3 is 25.0 Å². The van der Waals surface area contributed by atoms with E-state index in [0.717, 1.165) is 12.8 Å². The van der Waals surface area contributed by atoms with Crippen molar-refractivity contribution in [3.63, 3.8) is 0 Å². The maximum absolute atomic E-state index is 13.3. The number of nitrogens with one attached hydrogen (secondary N) is 2. The van der Waals surface area contributed by atoms with E-state index in [4.69, 9.17) is 0 Å². The molecule has 1 aliphatic carbocycles. The molecule has 3 aliphatic heterocycles. The molecular weight excluding hydrogens is 374 g/mol. The minimum absolute atomic E-state index is 0.0336. The molecule has 4 amide bonds. The summed E-state index contributed by atoms with van der Waals surface area (Å²) in [5, 5.41) is 5.93. The van der Waals surface area contributed by atoms with Gasteiger partial charge in [0.15, 0.2) is 0 Å². The van der Waals surface area contributed by atoms with E-state index in [1.54, 1.807) is 39.7 Å². The summed E-state index contributed by atoms with van der Waals surface area (Å²) < 4.78 is 1.73. The van der Waals surface area contributed by atoms with Crippen LogP contribution in [0.15, 0.2) is 18.3 Å². The lowest BCUT2D eigenvalue weighted by Crippen LogP contribution is -2.53. The summed E-state index contributed by atoms with van der Waals surface area (Å²) >= 11 is 0. The van der Waals surface area contributed by atoms with Crippen LogP contribution in [0.3, 0.4) is 0 Å². The van der Waals surface area contributed by atoms with E-state index >= 15 is 0 Å². The van der Waals surface area contributed by atoms with Gasteiger partial charge in [-0.2, -0.15) is 0 Å². The van der Waals surface area contributed by atoms with Crippen LogP contribution in [-0.2, 0) is 21.4 Å². The number of rotatable bonds is 3. The summed E-state index contributed by atoms with van der Waals surface area (Å²) in [5.41, 5.74) is 0.528. The van der Waals surface area contributed by atoms with Crippen molar-refractivity contribution in [3.8, 4) is 0 Å². The third-order valence-electron chi connectivity index (χ3n) is 6.59. The van der Waals surface area contributed by atoms with Crippen molar-refractivity contribution in [2.75, 3.05) is 13.1 Å². The fraction of sp³-hybridized carbons (Fsp3) is 0.600. The van der Waals surface area contributed by atoms with Crippen molar-refractivity contribution in [1.82, 2.24) is 25.0 Å². The first-order valence-corrected chi connectivity index (χ1v) is 10.3.